The Labute approximate surface area is 101 Å². The molecule has 1 aliphatic heterocycles. The van der Waals surface area contributed by atoms with Gasteiger partial charge in [-0.05, 0) is 31.4 Å². The molecule has 2 rings (SSSR count). The summed E-state index contributed by atoms with van der Waals surface area (Å²) in [4.78, 5) is 0. The number of unbranched alkanes of at least 4 members (excludes halogenated alkanes) is 2. The van der Waals surface area contributed by atoms with Gasteiger partial charge in [-0.1, -0.05) is 25.8 Å². The van der Waals surface area contributed by atoms with Crippen molar-refractivity contribution >= 4 is 17.3 Å². The average Bonchev–Trinajstić information content (AvgIpc) is 2.79. The lowest BCUT2D eigenvalue weighted by Crippen LogP contribution is -2.22. The van der Waals surface area contributed by atoms with Crippen LogP contribution in [0.3, 0.4) is 0 Å². The fourth-order valence-electron chi connectivity index (χ4n) is 1.98. The number of nitrogens with one attached hydrogen (secondary N) is 1. The summed E-state index contributed by atoms with van der Waals surface area (Å²) in [6, 6.07) is 0. The van der Waals surface area contributed by atoms with Gasteiger partial charge < -0.3 is 5.32 Å². The second kappa shape index (κ2) is 6.11. The molecule has 4 heteroatoms. The second-order valence-corrected chi connectivity index (χ2v) is 4.74. The van der Waals surface area contributed by atoms with Gasteiger partial charge in [0, 0.05) is 6.54 Å². The van der Waals surface area contributed by atoms with Gasteiger partial charge >= 0.3 is 0 Å². The quantitative estimate of drug-likeness (QED) is 0.800. The van der Waals surface area contributed by atoms with E-state index in [0.717, 1.165) is 31.6 Å². The SMILES string of the molecule is CCCCCc1nsnc1C1=CCCNC1. The van der Waals surface area contributed by atoms with E-state index >= 15 is 0 Å². The lowest BCUT2D eigenvalue weighted by Gasteiger charge is -2.13. The molecule has 1 aliphatic rings. The molecule has 16 heavy (non-hydrogen) atoms. The largest absolute Gasteiger partial charge is 0.312 e. The molecule has 1 aromatic rings. The number of hydrogen-bond acceptors (Lipinski definition) is 4. The molecule has 0 radical (unpaired) electrons. The summed E-state index contributed by atoms with van der Waals surface area (Å²) >= 11 is 1.35. The van der Waals surface area contributed by atoms with Crippen LogP contribution in [0.4, 0.5) is 0 Å². The number of aryl methyl sites for hydroxylation is 1. The van der Waals surface area contributed by atoms with E-state index in [1.54, 1.807) is 0 Å². The Balaban J connectivity index is 2.03. The molecule has 0 bridgehead atoms. The Bertz CT molecular complexity index is 357. The molecule has 0 amide bonds. The molecule has 0 fully saturated rings. The van der Waals surface area contributed by atoms with E-state index in [9.17, 15) is 0 Å². The molecule has 0 unspecified atom stereocenters. The van der Waals surface area contributed by atoms with Gasteiger partial charge in [0.25, 0.3) is 0 Å². The minimum Gasteiger partial charge on any atom is -0.312 e. The molecule has 2 heterocycles. The van der Waals surface area contributed by atoms with E-state index in [2.05, 4.69) is 27.1 Å². The zero-order valence-electron chi connectivity index (χ0n) is 9.83. The van der Waals surface area contributed by atoms with Gasteiger partial charge in [-0.3, -0.25) is 0 Å². The molecule has 0 aromatic carbocycles. The first-order valence-corrected chi connectivity index (χ1v) is 6.86. The summed E-state index contributed by atoms with van der Waals surface area (Å²) in [5.74, 6) is 0. The molecule has 0 aliphatic carbocycles. The molecular weight excluding hydrogens is 218 g/mol. The first-order chi connectivity index (χ1) is 7.92. The predicted octanol–water partition coefficient (Wildman–Crippen LogP) is 2.65. The van der Waals surface area contributed by atoms with Crippen molar-refractivity contribution < 1.29 is 0 Å². The van der Waals surface area contributed by atoms with Crippen LogP contribution in [-0.2, 0) is 6.42 Å². The number of nitrogens with zero attached hydrogens (tertiary/aromatic N) is 2. The zero-order valence-corrected chi connectivity index (χ0v) is 10.6. The van der Waals surface area contributed by atoms with Crippen molar-refractivity contribution in [2.75, 3.05) is 13.1 Å². The molecule has 1 aromatic heterocycles. The Hall–Kier alpha value is -0.740. The van der Waals surface area contributed by atoms with Crippen LogP contribution in [0.15, 0.2) is 6.08 Å². The second-order valence-electron chi connectivity index (χ2n) is 4.21. The van der Waals surface area contributed by atoms with E-state index in [4.69, 9.17) is 0 Å². The van der Waals surface area contributed by atoms with E-state index in [1.165, 1.54) is 42.3 Å². The van der Waals surface area contributed by atoms with Crippen LogP contribution in [0.5, 0.6) is 0 Å². The van der Waals surface area contributed by atoms with Crippen molar-refractivity contribution in [3.05, 3.63) is 17.5 Å². The van der Waals surface area contributed by atoms with Gasteiger partial charge in [0.1, 0.15) is 5.69 Å². The van der Waals surface area contributed by atoms with Crippen molar-refractivity contribution in [2.24, 2.45) is 0 Å². The molecule has 0 atom stereocenters. The van der Waals surface area contributed by atoms with Crippen LogP contribution in [0.2, 0.25) is 0 Å². The van der Waals surface area contributed by atoms with Gasteiger partial charge in [-0.2, -0.15) is 8.75 Å². The van der Waals surface area contributed by atoms with Crippen LogP contribution in [0.1, 0.15) is 44.0 Å². The first-order valence-electron chi connectivity index (χ1n) is 6.13. The Morgan fingerprint density at radius 1 is 1.38 bits per heavy atom. The fourth-order valence-corrected chi connectivity index (χ4v) is 2.60. The van der Waals surface area contributed by atoms with Crippen LogP contribution in [-0.4, -0.2) is 21.8 Å². The summed E-state index contributed by atoms with van der Waals surface area (Å²) in [5.41, 5.74) is 3.69. The highest BCUT2D eigenvalue weighted by atomic mass is 32.1. The highest BCUT2D eigenvalue weighted by Crippen LogP contribution is 2.20. The zero-order chi connectivity index (χ0) is 11.2. The third-order valence-corrected chi connectivity index (χ3v) is 3.47. The van der Waals surface area contributed by atoms with Crippen molar-refractivity contribution in [1.29, 1.82) is 0 Å². The van der Waals surface area contributed by atoms with Gasteiger partial charge in [0.2, 0.25) is 0 Å². The summed E-state index contributed by atoms with van der Waals surface area (Å²) in [6.07, 6.45) is 8.27. The maximum Gasteiger partial charge on any atom is 0.104 e. The Morgan fingerprint density at radius 3 is 3.06 bits per heavy atom. The molecule has 1 N–H and O–H groups in total. The number of aromatic nitrogens is 2. The monoisotopic (exact) mass is 237 g/mol. The van der Waals surface area contributed by atoms with Crippen molar-refractivity contribution in [1.82, 2.24) is 14.1 Å². The fraction of sp³-hybridized carbons (Fsp3) is 0.667. The topological polar surface area (TPSA) is 37.8 Å². The highest BCUT2D eigenvalue weighted by Gasteiger charge is 2.13. The summed E-state index contributed by atoms with van der Waals surface area (Å²) in [7, 11) is 0. The first kappa shape index (κ1) is 11.7. The van der Waals surface area contributed by atoms with Crippen molar-refractivity contribution in [3.8, 4) is 0 Å². The van der Waals surface area contributed by atoms with E-state index in [1.807, 2.05) is 0 Å². The number of rotatable bonds is 5. The molecule has 0 saturated carbocycles. The van der Waals surface area contributed by atoms with E-state index in [0.29, 0.717) is 0 Å². The third kappa shape index (κ3) is 2.89. The summed E-state index contributed by atoms with van der Waals surface area (Å²) in [5, 5.41) is 3.39. The van der Waals surface area contributed by atoms with Crippen LogP contribution in [0, 0.1) is 0 Å². The minimum absolute atomic E-state index is 0.951. The molecule has 0 spiro atoms. The van der Waals surface area contributed by atoms with Gasteiger partial charge in [0.15, 0.2) is 0 Å². The van der Waals surface area contributed by atoms with Gasteiger partial charge in [-0.25, -0.2) is 0 Å². The molecule has 88 valence electrons. The lowest BCUT2D eigenvalue weighted by molar-refractivity contribution is 0.706. The van der Waals surface area contributed by atoms with Crippen LogP contribution >= 0.6 is 11.7 Å². The molecule has 3 nitrogen and oxygen atoms in total. The molecule has 0 saturated heterocycles. The number of hydrogen-bond donors (Lipinski definition) is 1. The Morgan fingerprint density at radius 2 is 2.31 bits per heavy atom. The lowest BCUT2D eigenvalue weighted by atomic mass is 10.0. The highest BCUT2D eigenvalue weighted by molar-refractivity contribution is 6.99. The minimum atomic E-state index is 0.951. The standard InChI is InChI=1S/C12H19N3S/c1-2-3-4-7-11-12(15-16-14-11)10-6-5-8-13-9-10/h6,13H,2-5,7-9H2,1H3. The van der Waals surface area contributed by atoms with E-state index < -0.39 is 0 Å². The van der Waals surface area contributed by atoms with Crippen LogP contribution < -0.4 is 5.32 Å². The Kier molecular flexibility index (Phi) is 4.48. The predicted molar refractivity (Wildman–Crippen MR) is 68.6 cm³/mol. The maximum absolute atomic E-state index is 4.44. The maximum atomic E-state index is 4.44. The average molecular weight is 237 g/mol. The van der Waals surface area contributed by atoms with Gasteiger partial charge in [0.05, 0.1) is 17.4 Å². The normalized spacial score (nSPS) is 16.2. The van der Waals surface area contributed by atoms with Crippen molar-refractivity contribution in [3.63, 3.8) is 0 Å². The van der Waals surface area contributed by atoms with Gasteiger partial charge in [-0.15, -0.1) is 0 Å². The molecular formula is C12H19N3S. The summed E-state index contributed by atoms with van der Waals surface area (Å²) < 4.78 is 8.87. The van der Waals surface area contributed by atoms with E-state index in [-0.39, 0.29) is 0 Å². The summed E-state index contributed by atoms with van der Waals surface area (Å²) in [6.45, 7) is 4.27. The van der Waals surface area contributed by atoms with Crippen molar-refractivity contribution in [2.45, 2.75) is 39.0 Å². The smallest absolute Gasteiger partial charge is 0.104 e. The third-order valence-electron chi connectivity index (χ3n) is 2.91. The van der Waals surface area contributed by atoms with Crippen LogP contribution in [0.25, 0.3) is 5.57 Å².